The quantitative estimate of drug-likeness (QED) is 0.418. The van der Waals surface area contributed by atoms with Gasteiger partial charge in [0.25, 0.3) is 0 Å². The minimum Gasteiger partial charge on any atom is -0.444 e. The van der Waals surface area contributed by atoms with Gasteiger partial charge in [-0.3, -0.25) is 0 Å². The second-order valence-corrected chi connectivity index (χ2v) is 8.78. The summed E-state index contributed by atoms with van der Waals surface area (Å²) in [7, 11) is 0. The molecule has 0 radical (unpaired) electrons. The van der Waals surface area contributed by atoms with E-state index in [0.717, 1.165) is 12.8 Å². The van der Waals surface area contributed by atoms with Gasteiger partial charge in [0.15, 0.2) is 0 Å². The second kappa shape index (κ2) is 8.76. The van der Waals surface area contributed by atoms with Crippen molar-refractivity contribution in [3.8, 4) is 0 Å². The molecule has 0 saturated carbocycles. The van der Waals surface area contributed by atoms with Crippen LogP contribution < -0.4 is 0 Å². The highest BCUT2D eigenvalue weighted by molar-refractivity contribution is 5.89. The molecule has 6 heteroatoms. The number of hydrogen-bond donors (Lipinski definition) is 0. The SMILES string of the molecule is CCC1(C)CC(/C=N\OC(=O)c2ccccc2)CN(C(=O)OC(C)(C)C)C1C. The summed E-state index contributed by atoms with van der Waals surface area (Å²) < 4.78 is 5.59. The Morgan fingerprint density at radius 3 is 2.50 bits per heavy atom. The molecule has 3 atom stereocenters. The molecule has 1 aliphatic heterocycles. The third-order valence-electron chi connectivity index (χ3n) is 5.49. The second-order valence-electron chi connectivity index (χ2n) is 8.78. The van der Waals surface area contributed by atoms with Gasteiger partial charge in [-0.1, -0.05) is 37.2 Å². The maximum Gasteiger partial charge on any atom is 0.410 e. The maximum absolute atomic E-state index is 12.7. The van der Waals surface area contributed by atoms with Crippen molar-refractivity contribution in [1.82, 2.24) is 4.90 Å². The van der Waals surface area contributed by atoms with Gasteiger partial charge in [-0.25, -0.2) is 9.59 Å². The van der Waals surface area contributed by atoms with Crippen molar-refractivity contribution in [3.05, 3.63) is 35.9 Å². The van der Waals surface area contributed by atoms with E-state index < -0.39 is 11.6 Å². The number of oxime groups is 1. The van der Waals surface area contributed by atoms with Crippen LogP contribution in [0.2, 0.25) is 0 Å². The van der Waals surface area contributed by atoms with Gasteiger partial charge in [-0.2, -0.15) is 0 Å². The zero-order valence-electron chi connectivity index (χ0n) is 17.8. The molecule has 28 heavy (non-hydrogen) atoms. The van der Waals surface area contributed by atoms with Gasteiger partial charge in [0.1, 0.15) is 5.60 Å². The summed E-state index contributed by atoms with van der Waals surface area (Å²) in [6.07, 6.45) is 3.09. The van der Waals surface area contributed by atoms with Crippen molar-refractivity contribution in [3.63, 3.8) is 0 Å². The van der Waals surface area contributed by atoms with E-state index in [0.29, 0.717) is 12.1 Å². The van der Waals surface area contributed by atoms with Gasteiger partial charge in [0.05, 0.1) is 5.56 Å². The van der Waals surface area contributed by atoms with Crippen LogP contribution in [0.1, 0.15) is 64.7 Å². The van der Waals surface area contributed by atoms with E-state index in [9.17, 15) is 9.59 Å². The summed E-state index contributed by atoms with van der Waals surface area (Å²) >= 11 is 0. The summed E-state index contributed by atoms with van der Waals surface area (Å²) in [4.78, 5) is 31.5. The van der Waals surface area contributed by atoms with E-state index in [2.05, 4.69) is 25.9 Å². The lowest BCUT2D eigenvalue weighted by atomic mass is 9.70. The summed E-state index contributed by atoms with van der Waals surface area (Å²) in [5.74, 6) is -0.513. The average molecular weight is 389 g/mol. The van der Waals surface area contributed by atoms with Crippen LogP contribution in [0.15, 0.2) is 35.5 Å². The first kappa shape index (κ1) is 21.9. The Labute approximate surface area is 167 Å². The van der Waals surface area contributed by atoms with Gasteiger partial charge < -0.3 is 14.5 Å². The largest absolute Gasteiger partial charge is 0.444 e. The third kappa shape index (κ3) is 5.57. The van der Waals surface area contributed by atoms with Crippen molar-refractivity contribution < 1.29 is 19.2 Å². The molecule has 154 valence electrons. The number of benzene rings is 1. The van der Waals surface area contributed by atoms with E-state index >= 15 is 0 Å². The zero-order chi connectivity index (χ0) is 20.9. The number of carbonyl (C=O) groups excluding carboxylic acids is 2. The van der Waals surface area contributed by atoms with Gasteiger partial charge in [0, 0.05) is 24.7 Å². The molecule has 1 fully saturated rings. The van der Waals surface area contributed by atoms with Crippen LogP contribution in [0.3, 0.4) is 0 Å². The third-order valence-corrected chi connectivity index (χ3v) is 5.49. The molecule has 1 amide bonds. The molecule has 1 heterocycles. The molecule has 0 bridgehead atoms. The van der Waals surface area contributed by atoms with Gasteiger partial charge >= 0.3 is 12.1 Å². The average Bonchev–Trinajstić information content (AvgIpc) is 2.63. The van der Waals surface area contributed by atoms with Gasteiger partial charge in [0.2, 0.25) is 0 Å². The number of nitrogens with zero attached hydrogens (tertiary/aromatic N) is 2. The Kier molecular flexibility index (Phi) is 6.86. The molecular weight excluding hydrogens is 356 g/mol. The minimum atomic E-state index is -0.550. The summed E-state index contributed by atoms with van der Waals surface area (Å²) in [6, 6.07) is 8.78. The molecule has 0 N–H and O–H groups in total. The first-order valence-corrected chi connectivity index (χ1v) is 9.85. The molecule has 3 unspecified atom stereocenters. The fraction of sp³-hybridized carbons (Fsp3) is 0.591. The zero-order valence-corrected chi connectivity index (χ0v) is 17.8. The number of ether oxygens (including phenoxy) is 1. The molecule has 1 aromatic rings. The molecule has 1 saturated heterocycles. The minimum absolute atomic E-state index is 0.0164. The van der Waals surface area contributed by atoms with Crippen LogP contribution in [0.4, 0.5) is 4.79 Å². The predicted octanol–water partition coefficient (Wildman–Crippen LogP) is 4.89. The molecule has 1 aromatic carbocycles. The van der Waals surface area contributed by atoms with Gasteiger partial charge in [-0.05, 0) is 58.1 Å². The topological polar surface area (TPSA) is 68.2 Å². The predicted molar refractivity (Wildman–Crippen MR) is 109 cm³/mol. The number of rotatable bonds is 4. The molecule has 6 nitrogen and oxygen atoms in total. The highest BCUT2D eigenvalue weighted by atomic mass is 16.7. The van der Waals surface area contributed by atoms with Crippen LogP contribution in [0.5, 0.6) is 0 Å². The Morgan fingerprint density at radius 2 is 1.93 bits per heavy atom. The molecular formula is C22H32N2O4. The number of likely N-dealkylation sites (tertiary alicyclic amines) is 1. The van der Waals surface area contributed by atoms with Crippen molar-refractivity contribution >= 4 is 18.3 Å². The lowest BCUT2D eigenvalue weighted by Crippen LogP contribution is -2.56. The lowest BCUT2D eigenvalue weighted by Gasteiger charge is -2.48. The Morgan fingerprint density at radius 1 is 1.29 bits per heavy atom. The van der Waals surface area contributed by atoms with Crippen LogP contribution in [0, 0.1) is 11.3 Å². The van der Waals surface area contributed by atoms with E-state index in [4.69, 9.17) is 9.57 Å². The Bertz CT molecular complexity index is 711. The highest BCUT2D eigenvalue weighted by Crippen LogP contribution is 2.40. The summed E-state index contributed by atoms with van der Waals surface area (Å²) in [5.41, 5.74) is -0.174. The Balaban J connectivity index is 2.09. The summed E-state index contributed by atoms with van der Waals surface area (Å²) in [6.45, 7) is 12.4. The number of amides is 1. The smallest absolute Gasteiger partial charge is 0.410 e. The normalized spacial score (nSPS) is 25.6. The number of hydrogen-bond acceptors (Lipinski definition) is 5. The van der Waals surface area contributed by atoms with E-state index in [1.165, 1.54) is 0 Å². The number of piperidine rings is 1. The van der Waals surface area contributed by atoms with E-state index in [1.54, 1.807) is 35.4 Å². The highest BCUT2D eigenvalue weighted by Gasteiger charge is 2.43. The first-order chi connectivity index (χ1) is 13.1. The fourth-order valence-electron chi connectivity index (χ4n) is 3.51. The van der Waals surface area contributed by atoms with Crippen LogP contribution >= 0.6 is 0 Å². The monoisotopic (exact) mass is 388 g/mol. The molecule has 0 aliphatic carbocycles. The number of carbonyl (C=O) groups is 2. The maximum atomic E-state index is 12.7. The Hall–Kier alpha value is -2.37. The molecule has 0 aromatic heterocycles. The van der Waals surface area contributed by atoms with Crippen molar-refractivity contribution in [2.75, 3.05) is 6.54 Å². The first-order valence-electron chi connectivity index (χ1n) is 9.85. The van der Waals surface area contributed by atoms with Gasteiger partial charge in [-0.15, -0.1) is 0 Å². The molecule has 0 spiro atoms. The standard InChI is InChI=1S/C22H32N2O4/c1-7-22(6)13-17(14-23-28-19(25)18-11-9-8-10-12-18)15-24(16(22)2)20(26)27-21(3,4)5/h8-12,14,16-17H,7,13,15H2,1-6H3/b23-14-. The van der Waals surface area contributed by atoms with Crippen LogP contribution in [-0.4, -0.2) is 41.4 Å². The molecule has 1 aliphatic rings. The van der Waals surface area contributed by atoms with Crippen LogP contribution in [-0.2, 0) is 9.57 Å². The van der Waals surface area contributed by atoms with E-state index in [1.807, 2.05) is 26.8 Å². The van der Waals surface area contributed by atoms with Crippen molar-refractivity contribution in [1.29, 1.82) is 0 Å². The summed E-state index contributed by atoms with van der Waals surface area (Å²) in [5, 5.41) is 3.91. The van der Waals surface area contributed by atoms with E-state index in [-0.39, 0.29) is 23.5 Å². The fourth-order valence-corrected chi connectivity index (χ4v) is 3.51. The van der Waals surface area contributed by atoms with Crippen LogP contribution in [0.25, 0.3) is 0 Å². The molecule has 2 rings (SSSR count). The van der Waals surface area contributed by atoms with Crippen molar-refractivity contribution in [2.45, 2.75) is 66.0 Å². The lowest BCUT2D eigenvalue weighted by molar-refractivity contribution is -0.0229. The van der Waals surface area contributed by atoms with Crippen molar-refractivity contribution in [2.24, 2.45) is 16.5 Å².